The maximum absolute atomic E-state index is 12.1. The van der Waals surface area contributed by atoms with E-state index in [1.807, 2.05) is 0 Å². The number of aromatic nitrogens is 1. The predicted octanol–water partition coefficient (Wildman–Crippen LogP) is 1.36. The number of nitrogens with zero attached hydrogens (tertiary/aromatic N) is 2. The Labute approximate surface area is 102 Å². The number of halogens is 3. The second-order valence-corrected chi connectivity index (χ2v) is 3.67. The number of carbonyl (C=O) groups is 1. The van der Waals surface area contributed by atoms with Crippen molar-refractivity contribution in [2.45, 2.75) is 6.43 Å². The number of nitrogens with one attached hydrogen (secondary N) is 1. The van der Waals surface area contributed by atoms with Crippen LogP contribution in [-0.2, 0) is 0 Å². The van der Waals surface area contributed by atoms with Gasteiger partial charge in [0.15, 0.2) is 0 Å². The summed E-state index contributed by atoms with van der Waals surface area (Å²) in [6.45, 7) is -0.649. The van der Waals surface area contributed by atoms with Gasteiger partial charge in [-0.05, 0) is 12.1 Å². The molecule has 0 aliphatic heterocycles. The molecular formula is C9H11ClF2N4O. The lowest BCUT2D eigenvalue weighted by atomic mass is 10.2. The number of rotatable bonds is 4. The fourth-order valence-corrected chi connectivity index (χ4v) is 1.41. The monoisotopic (exact) mass is 264 g/mol. The van der Waals surface area contributed by atoms with E-state index in [0.717, 1.165) is 4.90 Å². The summed E-state index contributed by atoms with van der Waals surface area (Å²) in [5.74, 6) is 4.74. The Bertz CT molecular complexity index is 416. The fourth-order valence-electron chi connectivity index (χ4n) is 1.20. The van der Waals surface area contributed by atoms with E-state index in [9.17, 15) is 13.6 Å². The van der Waals surface area contributed by atoms with Gasteiger partial charge < -0.3 is 10.3 Å². The van der Waals surface area contributed by atoms with Gasteiger partial charge in [0.25, 0.3) is 12.3 Å². The average molecular weight is 265 g/mol. The molecule has 8 heteroatoms. The molecule has 3 N–H and O–H groups in total. The Kier molecular flexibility index (Phi) is 4.59. The first-order valence-electron chi connectivity index (χ1n) is 4.62. The van der Waals surface area contributed by atoms with Crippen molar-refractivity contribution in [3.8, 4) is 0 Å². The molecule has 0 bridgehead atoms. The highest BCUT2D eigenvalue weighted by atomic mass is 35.5. The second-order valence-electron chi connectivity index (χ2n) is 3.28. The Balaban J connectivity index is 2.91. The van der Waals surface area contributed by atoms with Gasteiger partial charge >= 0.3 is 0 Å². The van der Waals surface area contributed by atoms with Crippen LogP contribution in [0.25, 0.3) is 0 Å². The Morgan fingerprint density at radius 3 is 2.82 bits per heavy atom. The van der Waals surface area contributed by atoms with E-state index in [1.165, 1.54) is 19.2 Å². The molecule has 0 unspecified atom stereocenters. The first-order valence-corrected chi connectivity index (χ1v) is 4.99. The molecule has 0 fully saturated rings. The minimum atomic E-state index is -2.59. The lowest BCUT2D eigenvalue weighted by molar-refractivity contribution is 0.0620. The van der Waals surface area contributed by atoms with Gasteiger partial charge in [0.05, 0.1) is 6.54 Å². The number of hydrazine groups is 1. The van der Waals surface area contributed by atoms with Gasteiger partial charge in [-0.1, -0.05) is 11.6 Å². The number of nitrogens with two attached hydrogens (primary N) is 1. The molecule has 1 heterocycles. The molecule has 1 aromatic rings. The number of alkyl halides is 2. The summed E-state index contributed by atoms with van der Waals surface area (Å²) < 4.78 is 24.2. The van der Waals surface area contributed by atoms with Crippen LogP contribution in [0.5, 0.6) is 0 Å². The lowest BCUT2D eigenvalue weighted by Gasteiger charge is -2.16. The number of carbonyl (C=O) groups excluding carboxylic acids is 1. The van der Waals surface area contributed by atoms with E-state index in [-0.39, 0.29) is 16.5 Å². The van der Waals surface area contributed by atoms with Crippen LogP contribution in [0.4, 0.5) is 14.6 Å². The van der Waals surface area contributed by atoms with Crippen molar-refractivity contribution >= 4 is 23.3 Å². The molecule has 0 aliphatic rings. The molecule has 0 aliphatic carbocycles. The first kappa shape index (κ1) is 13.6. The summed E-state index contributed by atoms with van der Waals surface area (Å²) in [5, 5.41) is 0.0502. The highest BCUT2D eigenvalue weighted by Gasteiger charge is 2.17. The minimum Gasteiger partial charge on any atom is -0.336 e. The molecule has 0 saturated carbocycles. The van der Waals surface area contributed by atoms with Crippen LogP contribution in [0.2, 0.25) is 5.15 Å². The van der Waals surface area contributed by atoms with Crippen LogP contribution in [0.15, 0.2) is 12.1 Å². The molecule has 17 heavy (non-hydrogen) atoms. The molecule has 1 amide bonds. The van der Waals surface area contributed by atoms with Crippen LogP contribution in [0, 0.1) is 0 Å². The molecule has 1 aromatic heterocycles. The topological polar surface area (TPSA) is 71.2 Å². The van der Waals surface area contributed by atoms with E-state index in [1.54, 1.807) is 0 Å². The van der Waals surface area contributed by atoms with Gasteiger partial charge in [0.2, 0.25) is 0 Å². The van der Waals surface area contributed by atoms with E-state index >= 15 is 0 Å². The number of anilines is 1. The van der Waals surface area contributed by atoms with Crippen molar-refractivity contribution in [3.63, 3.8) is 0 Å². The van der Waals surface area contributed by atoms with Crippen LogP contribution < -0.4 is 11.3 Å². The maximum atomic E-state index is 12.1. The first-order chi connectivity index (χ1) is 7.93. The van der Waals surface area contributed by atoms with Gasteiger partial charge in [0, 0.05) is 12.6 Å². The fraction of sp³-hybridized carbons (Fsp3) is 0.333. The van der Waals surface area contributed by atoms with Crippen molar-refractivity contribution in [3.05, 3.63) is 22.8 Å². The van der Waals surface area contributed by atoms with Crippen molar-refractivity contribution < 1.29 is 13.6 Å². The van der Waals surface area contributed by atoms with Gasteiger partial charge in [-0.25, -0.2) is 19.6 Å². The lowest BCUT2D eigenvalue weighted by Crippen LogP contribution is -2.31. The summed E-state index contributed by atoms with van der Waals surface area (Å²) in [7, 11) is 1.28. The van der Waals surface area contributed by atoms with Crippen molar-refractivity contribution in [1.82, 2.24) is 9.88 Å². The average Bonchev–Trinajstić information content (AvgIpc) is 2.26. The standard InChI is InChI=1S/C9H11ClF2N4O/c1-16(4-7(11)12)9(17)5-2-6(10)14-8(3-5)15-13/h2-3,7H,4,13H2,1H3,(H,14,15). The van der Waals surface area contributed by atoms with E-state index in [0.29, 0.717) is 0 Å². The molecular weight excluding hydrogens is 254 g/mol. The third kappa shape index (κ3) is 3.79. The van der Waals surface area contributed by atoms with E-state index in [4.69, 9.17) is 17.4 Å². The van der Waals surface area contributed by atoms with Crippen LogP contribution >= 0.6 is 11.6 Å². The van der Waals surface area contributed by atoms with Crippen LogP contribution in [0.1, 0.15) is 10.4 Å². The molecule has 0 radical (unpaired) electrons. The number of amides is 1. The zero-order valence-corrected chi connectivity index (χ0v) is 9.71. The summed E-state index contributed by atoms with van der Waals surface area (Å²) in [4.78, 5) is 16.4. The highest BCUT2D eigenvalue weighted by molar-refractivity contribution is 6.29. The predicted molar refractivity (Wildman–Crippen MR) is 60.0 cm³/mol. The number of nitrogen functional groups attached to an aromatic ring is 1. The Morgan fingerprint density at radius 1 is 1.65 bits per heavy atom. The second kappa shape index (κ2) is 5.74. The highest BCUT2D eigenvalue weighted by Crippen LogP contribution is 2.15. The van der Waals surface area contributed by atoms with Crippen LogP contribution in [0.3, 0.4) is 0 Å². The summed E-state index contributed by atoms with van der Waals surface area (Å²) in [5.41, 5.74) is 2.37. The summed E-state index contributed by atoms with van der Waals surface area (Å²) >= 11 is 5.66. The molecule has 94 valence electrons. The quantitative estimate of drug-likeness (QED) is 0.489. The van der Waals surface area contributed by atoms with Crippen molar-refractivity contribution in [1.29, 1.82) is 0 Å². The molecule has 5 nitrogen and oxygen atoms in total. The Morgan fingerprint density at radius 2 is 2.29 bits per heavy atom. The molecule has 1 rings (SSSR count). The zero-order chi connectivity index (χ0) is 13.0. The van der Waals surface area contributed by atoms with Crippen LogP contribution in [-0.4, -0.2) is 35.8 Å². The van der Waals surface area contributed by atoms with E-state index in [2.05, 4.69) is 10.4 Å². The summed E-state index contributed by atoms with van der Waals surface area (Å²) in [6, 6.07) is 2.61. The molecule has 0 spiro atoms. The molecule has 0 aromatic carbocycles. The number of hydrogen-bond acceptors (Lipinski definition) is 4. The number of pyridine rings is 1. The third-order valence-corrected chi connectivity index (χ3v) is 2.14. The van der Waals surface area contributed by atoms with Gasteiger partial charge in [-0.2, -0.15) is 0 Å². The van der Waals surface area contributed by atoms with Gasteiger partial charge in [-0.15, -0.1) is 0 Å². The van der Waals surface area contributed by atoms with E-state index < -0.39 is 18.9 Å². The maximum Gasteiger partial charge on any atom is 0.255 e. The largest absolute Gasteiger partial charge is 0.336 e. The van der Waals surface area contributed by atoms with Crippen molar-refractivity contribution in [2.75, 3.05) is 19.0 Å². The van der Waals surface area contributed by atoms with Gasteiger partial charge in [0.1, 0.15) is 11.0 Å². The SMILES string of the molecule is CN(CC(F)F)C(=O)c1cc(Cl)nc(NN)c1. The Hall–Kier alpha value is -1.47. The summed E-state index contributed by atoms with van der Waals surface area (Å²) in [6.07, 6.45) is -2.59. The normalized spacial score (nSPS) is 10.5. The minimum absolute atomic E-state index is 0.0502. The smallest absolute Gasteiger partial charge is 0.255 e. The third-order valence-electron chi connectivity index (χ3n) is 1.95. The molecule has 0 saturated heterocycles. The number of hydrogen-bond donors (Lipinski definition) is 2. The van der Waals surface area contributed by atoms with Gasteiger partial charge in [-0.3, -0.25) is 4.79 Å². The molecule has 0 atom stereocenters. The van der Waals surface area contributed by atoms with Crippen molar-refractivity contribution in [2.24, 2.45) is 5.84 Å². The zero-order valence-electron chi connectivity index (χ0n) is 8.95.